The molecule has 2 atom stereocenters. The van der Waals surface area contributed by atoms with Crippen LogP contribution in [0.5, 0.6) is 0 Å². The molecule has 0 unspecified atom stereocenters. The molecule has 1 saturated carbocycles. The standard InChI is InChI=1S/C20H23N3O/c1-14(17-9-5-7-15-6-3-4-8-18(15)17)22-12-19(24)23-20(2,13-21)16-10-11-16/h3-9,14,16,22H,10-12H2,1-2H3,(H,23,24)/p+1/t14-,20-/m0/s1. The summed E-state index contributed by atoms with van der Waals surface area (Å²) in [5, 5.41) is 16.7. The average Bonchev–Trinajstić information content (AvgIpc) is 3.44. The third-order valence-corrected chi connectivity index (χ3v) is 5.00. The molecular formula is C20H24N3O+. The predicted octanol–water partition coefficient (Wildman–Crippen LogP) is 2.27. The highest BCUT2D eigenvalue weighted by Gasteiger charge is 2.43. The van der Waals surface area contributed by atoms with Gasteiger partial charge in [0.1, 0.15) is 11.6 Å². The summed E-state index contributed by atoms with van der Waals surface area (Å²) in [6.45, 7) is 4.27. The number of fused-ring (bicyclic) bond motifs is 1. The summed E-state index contributed by atoms with van der Waals surface area (Å²) in [6.07, 6.45) is 2.06. The lowest BCUT2D eigenvalue weighted by Gasteiger charge is -2.22. The lowest BCUT2D eigenvalue weighted by molar-refractivity contribution is -0.682. The van der Waals surface area contributed by atoms with Crippen LogP contribution in [-0.2, 0) is 4.79 Å². The number of quaternary nitrogens is 1. The lowest BCUT2D eigenvalue weighted by atomic mass is 9.98. The van der Waals surface area contributed by atoms with Crippen LogP contribution in [0.15, 0.2) is 42.5 Å². The van der Waals surface area contributed by atoms with E-state index in [2.05, 4.69) is 48.6 Å². The van der Waals surface area contributed by atoms with Crippen LogP contribution < -0.4 is 10.6 Å². The maximum Gasteiger partial charge on any atom is 0.276 e. The summed E-state index contributed by atoms with van der Waals surface area (Å²) in [7, 11) is 0. The second-order valence-electron chi connectivity index (χ2n) is 6.93. The van der Waals surface area contributed by atoms with E-state index in [9.17, 15) is 10.1 Å². The van der Waals surface area contributed by atoms with Crippen molar-refractivity contribution in [1.82, 2.24) is 5.32 Å². The molecule has 0 aliphatic heterocycles. The van der Waals surface area contributed by atoms with Crippen molar-refractivity contribution in [1.29, 1.82) is 5.26 Å². The third-order valence-electron chi connectivity index (χ3n) is 5.00. The van der Waals surface area contributed by atoms with Gasteiger partial charge in [-0.25, -0.2) is 0 Å². The summed E-state index contributed by atoms with van der Waals surface area (Å²) in [6, 6.07) is 17.0. The van der Waals surface area contributed by atoms with Crippen molar-refractivity contribution in [3.05, 3.63) is 48.0 Å². The van der Waals surface area contributed by atoms with Gasteiger partial charge in [-0.15, -0.1) is 0 Å². The van der Waals surface area contributed by atoms with E-state index in [-0.39, 0.29) is 11.9 Å². The van der Waals surface area contributed by atoms with Crippen LogP contribution in [-0.4, -0.2) is 18.0 Å². The van der Waals surface area contributed by atoms with Crippen LogP contribution in [0.3, 0.4) is 0 Å². The number of carbonyl (C=O) groups excluding carboxylic acids is 1. The number of amides is 1. The van der Waals surface area contributed by atoms with Crippen molar-refractivity contribution in [2.75, 3.05) is 6.54 Å². The van der Waals surface area contributed by atoms with Crippen LogP contribution in [0, 0.1) is 17.2 Å². The fourth-order valence-corrected chi connectivity index (χ4v) is 3.28. The van der Waals surface area contributed by atoms with Gasteiger partial charge in [0.25, 0.3) is 5.91 Å². The number of nitrogens with zero attached hydrogens (tertiary/aromatic N) is 1. The molecule has 1 amide bonds. The van der Waals surface area contributed by atoms with E-state index in [4.69, 9.17) is 0 Å². The van der Waals surface area contributed by atoms with Crippen molar-refractivity contribution in [2.24, 2.45) is 5.92 Å². The number of nitriles is 1. The Kier molecular flexibility index (Phi) is 4.55. The number of rotatable bonds is 6. The van der Waals surface area contributed by atoms with Gasteiger partial charge in [-0.3, -0.25) is 4.79 Å². The molecule has 1 aliphatic rings. The van der Waals surface area contributed by atoms with E-state index in [0.29, 0.717) is 12.5 Å². The van der Waals surface area contributed by atoms with E-state index in [1.165, 1.54) is 16.3 Å². The van der Waals surface area contributed by atoms with E-state index in [1.807, 2.05) is 24.4 Å². The summed E-state index contributed by atoms with van der Waals surface area (Å²) in [5.41, 5.74) is 0.513. The second kappa shape index (κ2) is 6.62. The smallest absolute Gasteiger partial charge is 0.276 e. The topological polar surface area (TPSA) is 69.5 Å². The molecule has 124 valence electrons. The molecular weight excluding hydrogens is 298 g/mol. The Balaban J connectivity index is 1.63. The molecule has 0 radical (unpaired) electrons. The summed E-state index contributed by atoms with van der Waals surface area (Å²) >= 11 is 0. The van der Waals surface area contributed by atoms with Gasteiger partial charge in [0.2, 0.25) is 0 Å². The first-order chi connectivity index (χ1) is 11.5. The number of carbonyl (C=O) groups is 1. The Morgan fingerprint density at radius 1 is 1.33 bits per heavy atom. The highest BCUT2D eigenvalue weighted by molar-refractivity contribution is 5.86. The molecule has 0 bridgehead atoms. The number of benzene rings is 2. The van der Waals surface area contributed by atoms with Crippen LogP contribution in [0.1, 0.15) is 38.3 Å². The minimum absolute atomic E-state index is 0.0713. The number of nitrogens with two attached hydrogens (primary N) is 1. The first-order valence-electron chi connectivity index (χ1n) is 8.57. The zero-order valence-electron chi connectivity index (χ0n) is 14.3. The normalized spacial score (nSPS) is 17.7. The van der Waals surface area contributed by atoms with Crippen molar-refractivity contribution < 1.29 is 10.1 Å². The molecule has 4 nitrogen and oxygen atoms in total. The van der Waals surface area contributed by atoms with Crippen molar-refractivity contribution in [3.63, 3.8) is 0 Å². The first-order valence-corrected chi connectivity index (χ1v) is 8.57. The van der Waals surface area contributed by atoms with Crippen molar-refractivity contribution >= 4 is 16.7 Å². The van der Waals surface area contributed by atoms with E-state index in [1.54, 1.807) is 0 Å². The lowest BCUT2D eigenvalue weighted by Crippen LogP contribution is -2.87. The maximum atomic E-state index is 12.3. The summed E-state index contributed by atoms with van der Waals surface area (Å²) < 4.78 is 0. The maximum absolute atomic E-state index is 12.3. The molecule has 3 rings (SSSR count). The summed E-state index contributed by atoms with van der Waals surface area (Å²) in [5.74, 6) is 0.236. The number of nitrogens with one attached hydrogen (secondary N) is 1. The Morgan fingerprint density at radius 3 is 2.75 bits per heavy atom. The zero-order chi connectivity index (χ0) is 17.2. The van der Waals surface area contributed by atoms with Crippen LogP contribution in [0.2, 0.25) is 0 Å². The molecule has 2 aromatic rings. The van der Waals surface area contributed by atoms with Gasteiger partial charge in [-0.2, -0.15) is 5.26 Å². The Morgan fingerprint density at radius 2 is 2.04 bits per heavy atom. The monoisotopic (exact) mass is 322 g/mol. The van der Waals surface area contributed by atoms with Gasteiger partial charge in [0, 0.05) is 5.56 Å². The van der Waals surface area contributed by atoms with Gasteiger partial charge >= 0.3 is 0 Å². The van der Waals surface area contributed by atoms with Gasteiger partial charge in [0.05, 0.1) is 6.07 Å². The highest BCUT2D eigenvalue weighted by atomic mass is 16.2. The highest BCUT2D eigenvalue weighted by Crippen LogP contribution is 2.39. The molecule has 0 saturated heterocycles. The van der Waals surface area contributed by atoms with Gasteiger partial charge < -0.3 is 10.6 Å². The fourth-order valence-electron chi connectivity index (χ4n) is 3.28. The van der Waals surface area contributed by atoms with Crippen molar-refractivity contribution in [2.45, 2.75) is 38.3 Å². The van der Waals surface area contributed by atoms with E-state index >= 15 is 0 Å². The number of hydrogen-bond acceptors (Lipinski definition) is 2. The fraction of sp³-hybridized carbons (Fsp3) is 0.400. The third kappa shape index (κ3) is 3.42. The SMILES string of the molecule is C[C@H]([NH2+]CC(=O)N[C@@](C)(C#N)C1CC1)c1cccc2ccccc12. The molecule has 0 aromatic heterocycles. The van der Waals surface area contributed by atoms with Crippen LogP contribution >= 0.6 is 0 Å². The van der Waals surface area contributed by atoms with Gasteiger partial charge in [0.15, 0.2) is 6.54 Å². The molecule has 1 aliphatic carbocycles. The minimum Gasteiger partial charge on any atom is -0.333 e. The van der Waals surface area contributed by atoms with Crippen LogP contribution in [0.25, 0.3) is 10.8 Å². The van der Waals surface area contributed by atoms with Crippen molar-refractivity contribution in [3.8, 4) is 6.07 Å². The van der Waals surface area contributed by atoms with Gasteiger partial charge in [-0.1, -0.05) is 42.5 Å². The molecule has 4 heteroatoms. The molecule has 2 aromatic carbocycles. The molecule has 1 fully saturated rings. The Bertz CT molecular complexity index is 786. The first kappa shape index (κ1) is 16.5. The second-order valence-corrected chi connectivity index (χ2v) is 6.93. The zero-order valence-corrected chi connectivity index (χ0v) is 14.3. The molecule has 0 spiro atoms. The molecule has 3 N–H and O–H groups in total. The van der Waals surface area contributed by atoms with Crippen LogP contribution in [0.4, 0.5) is 0 Å². The quantitative estimate of drug-likeness (QED) is 0.856. The molecule has 24 heavy (non-hydrogen) atoms. The number of hydrogen-bond donors (Lipinski definition) is 2. The van der Waals surface area contributed by atoms with E-state index in [0.717, 1.165) is 12.8 Å². The molecule has 0 heterocycles. The van der Waals surface area contributed by atoms with E-state index < -0.39 is 5.54 Å². The predicted molar refractivity (Wildman–Crippen MR) is 94.0 cm³/mol. The Hall–Kier alpha value is -2.38. The average molecular weight is 322 g/mol. The van der Waals surface area contributed by atoms with Gasteiger partial charge in [-0.05, 0) is 43.4 Å². The largest absolute Gasteiger partial charge is 0.333 e. The minimum atomic E-state index is -0.715. The summed E-state index contributed by atoms with van der Waals surface area (Å²) in [4.78, 5) is 12.3. The Labute approximate surface area is 142 Å².